The molecule has 3 heteroatoms. The molecule has 0 spiro atoms. The summed E-state index contributed by atoms with van der Waals surface area (Å²) in [6, 6.07) is 7.92. The molecule has 15 heavy (non-hydrogen) atoms. The molecule has 0 amide bonds. The van der Waals surface area contributed by atoms with Crippen LogP contribution in [0.15, 0.2) is 28.7 Å². The van der Waals surface area contributed by atoms with Gasteiger partial charge in [0.2, 0.25) is 0 Å². The first-order valence-electron chi connectivity index (χ1n) is 4.95. The molecule has 0 aromatic heterocycles. The molecule has 0 atom stereocenters. The summed E-state index contributed by atoms with van der Waals surface area (Å²) >= 11 is 5.08. The molecule has 0 heterocycles. The molecule has 0 aliphatic carbocycles. The third-order valence-corrected chi connectivity index (χ3v) is 3.58. The van der Waals surface area contributed by atoms with Crippen molar-refractivity contribution in [3.05, 3.63) is 34.3 Å². The van der Waals surface area contributed by atoms with Crippen LogP contribution in [0, 0.1) is 0 Å². The minimum Gasteiger partial charge on any atom is -0.298 e. The highest BCUT2D eigenvalue weighted by Crippen LogP contribution is 2.13. The van der Waals surface area contributed by atoms with Crippen molar-refractivity contribution in [3.63, 3.8) is 0 Å². The summed E-state index contributed by atoms with van der Waals surface area (Å²) in [5.74, 6) is 0.921. The van der Waals surface area contributed by atoms with Gasteiger partial charge in [-0.1, -0.05) is 41.9 Å². The molecule has 0 unspecified atom stereocenters. The predicted molar refractivity (Wildman–Crippen MR) is 70.4 cm³/mol. The predicted octanol–water partition coefficient (Wildman–Crippen LogP) is 3.70. The van der Waals surface area contributed by atoms with E-state index in [-0.39, 0.29) is 0 Å². The lowest BCUT2D eigenvalue weighted by Crippen LogP contribution is -2.07. The number of halogens is 1. The quantitative estimate of drug-likeness (QED) is 0.821. The van der Waals surface area contributed by atoms with Gasteiger partial charge in [0.15, 0.2) is 0 Å². The second kappa shape index (κ2) is 6.33. The zero-order valence-corrected chi connectivity index (χ0v) is 11.4. The lowest BCUT2D eigenvalue weighted by atomic mass is 10.1. The Kier molecular flexibility index (Phi) is 5.40. The summed E-state index contributed by atoms with van der Waals surface area (Å²) in [7, 11) is 0. The van der Waals surface area contributed by atoms with Gasteiger partial charge in [-0.25, -0.2) is 0 Å². The Labute approximate surface area is 104 Å². The maximum atomic E-state index is 11.6. The van der Waals surface area contributed by atoms with Gasteiger partial charge in [0, 0.05) is 10.9 Å². The number of carbonyl (C=O) groups is 1. The number of hydrogen-bond donors (Lipinski definition) is 0. The Morgan fingerprint density at radius 2 is 1.93 bits per heavy atom. The maximum absolute atomic E-state index is 11.6. The monoisotopic (exact) mass is 286 g/mol. The van der Waals surface area contributed by atoms with Crippen molar-refractivity contribution in [2.45, 2.75) is 25.5 Å². The number of Topliss-reactive ketones (excluding diaryl/α,β-unsaturated/α-hetero) is 1. The van der Waals surface area contributed by atoms with Gasteiger partial charge < -0.3 is 0 Å². The first-order valence-corrected chi connectivity index (χ1v) is 6.80. The minimum absolute atomic E-state index is 0.302. The number of hydrogen-bond acceptors (Lipinski definition) is 2. The Morgan fingerprint density at radius 1 is 1.33 bits per heavy atom. The molecular weight excluding hydrogens is 272 g/mol. The second-order valence-corrected chi connectivity index (χ2v) is 6.18. The highest BCUT2D eigenvalue weighted by molar-refractivity contribution is 9.10. The van der Waals surface area contributed by atoms with Crippen molar-refractivity contribution in [2.75, 3.05) is 5.75 Å². The molecule has 0 radical (unpaired) electrons. The van der Waals surface area contributed by atoms with Crippen molar-refractivity contribution < 1.29 is 4.79 Å². The van der Waals surface area contributed by atoms with Gasteiger partial charge >= 0.3 is 0 Å². The lowest BCUT2D eigenvalue weighted by molar-refractivity contribution is -0.116. The zero-order valence-electron chi connectivity index (χ0n) is 9.00. The van der Waals surface area contributed by atoms with E-state index < -0.39 is 0 Å². The van der Waals surface area contributed by atoms with Crippen LogP contribution < -0.4 is 0 Å². The molecule has 0 saturated carbocycles. The first kappa shape index (κ1) is 12.8. The molecule has 0 N–H and O–H groups in total. The summed E-state index contributed by atoms with van der Waals surface area (Å²) < 4.78 is 1.05. The Balaban J connectivity index is 2.41. The number of thioether (sulfide) groups is 1. The van der Waals surface area contributed by atoms with Crippen molar-refractivity contribution in [2.24, 2.45) is 0 Å². The van der Waals surface area contributed by atoms with Crippen LogP contribution >= 0.6 is 27.7 Å². The van der Waals surface area contributed by atoms with Crippen LogP contribution in [0.3, 0.4) is 0 Å². The van der Waals surface area contributed by atoms with E-state index >= 15 is 0 Å². The summed E-state index contributed by atoms with van der Waals surface area (Å²) in [5, 5.41) is 0.527. The van der Waals surface area contributed by atoms with Crippen LogP contribution in [0.4, 0.5) is 0 Å². The molecule has 1 aromatic carbocycles. The largest absolute Gasteiger partial charge is 0.298 e. The Morgan fingerprint density at radius 3 is 2.47 bits per heavy atom. The topological polar surface area (TPSA) is 17.1 Å². The van der Waals surface area contributed by atoms with Crippen LogP contribution in [0.1, 0.15) is 19.4 Å². The zero-order chi connectivity index (χ0) is 11.3. The van der Waals surface area contributed by atoms with E-state index in [1.165, 1.54) is 0 Å². The van der Waals surface area contributed by atoms with E-state index in [0.717, 1.165) is 10.0 Å². The van der Waals surface area contributed by atoms with Crippen LogP contribution in [0.25, 0.3) is 0 Å². The molecule has 82 valence electrons. The van der Waals surface area contributed by atoms with Crippen molar-refractivity contribution in [3.8, 4) is 0 Å². The van der Waals surface area contributed by atoms with Crippen LogP contribution in [0.2, 0.25) is 0 Å². The average Bonchev–Trinajstić information content (AvgIpc) is 2.19. The fourth-order valence-electron chi connectivity index (χ4n) is 1.14. The lowest BCUT2D eigenvalue weighted by Gasteiger charge is -2.04. The van der Waals surface area contributed by atoms with Gasteiger partial charge in [-0.05, 0) is 22.9 Å². The van der Waals surface area contributed by atoms with E-state index in [0.29, 0.717) is 23.2 Å². The van der Waals surface area contributed by atoms with Gasteiger partial charge in [0.1, 0.15) is 5.78 Å². The van der Waals surface area contributed by atoms with Gasteiger partial charge in [-0.3, -0.25) is 4.79 Å². The van der Waals surface area contributed by atoms with Gasteiger partial charge in [0.05, 0.1) is 5.75 Å². The number of rotatable bonds is 5. The number of carbonyl (C=O) groups excluding carboxylic acids is 1. The Bertz CT molecular complexity index is 319. The van der Waals surface area contributed by atoms with Crippen LogP contribution in [-0.4, -0.2) is 16.8 Å². The standard InChI is InChI=1S/C12H15BrOS/c1-9(2)15-8-12(14)7-10-3-5-11(13)6-4-10/h3-6,9H,7-8H2,1-2H3. The van der Waals surface area contributed by atoms with E-state index in [9.17, 15) is 4.79 Å². The molecule has 1 aromatic rings. The average molecular weight is 287 g/mol. The first-order chi connectivity index (χ1) is 7.08. The molecular formula is C12H15BrOS. The fraction of sp³-hybridized carbons (Fsp3) is 0.417. The Hall–Kier alpha value is -0.280. The van der Waals surface area contributed by atoms with Crippen LogP contribution in [-0.2, 0) is 11.2 Å². The summed E-state index contributed by atoms with van der Waals surface area (Å²) in [6.07, 6.45) is 0.549. The third-order valence-electron chi connectivity index (χ3n) is 1.89. The summed E-state index contributed by atoms with van der Waals surface area (Å²) in [4.78, 5) is 11.6. The normalized spacial score (nSPS) is 10.7. The molecule has 0 aliphatic rings. The molecule has 0 fully saturated rings. The molecule has 1 nitrogen and oxygen atoms in total. The fourth-order valence-corrected chi connectivity index (χ4v) is 2.03. The summed E-state index contributed by atoms with van der Waals surface area (Å²) in [6.45, 7) is 4.22. The highest BCUT2D eigenvalue weighted by atomic mass is 79.9. The third kappa shape index (κ3) is 5.38. The highest BCUT2D eigenvalue weighted by Gasteiger charge is 2.05. The number of benzene rings is 1. The molecule has 0 aliphatic heterocycles. The van der Waals surface area contributed by atoms with Crippen molar-refractivity contribution in [1.29, 1.82) is 0 Å². The smallest absolute Gasteiger partial charge is 0.147 e. The SMILES string of the molecule is CC(C)SCC(=O)Cc1ccc(Br)cc1. The van der Waals surface area contributed by atoms with Crippen LogP contribution in [0.5, 0.6) is 0 Å². The van der Waals surface area contributed by atoms with Gasteiger partial charge in [-0.2, -0.15) is 11.8 Å². The molecule has 0 bridgehead atoms. The second-order valence-electron chi connectivity index (χ2n) is 3.70. The van der Waals surface area contributed by atoms with E-state index in [1.54, 1.807) is 11.8 Å². The maximum Gasteiger partial charge on any atom is 0.147 e. The van der Waals surface area contributed by atoms with Crippen molar-refractivity contribution in [1.82, 2.24) is 0 Å². The molecule has 1 rings (SSSR count). The van der Waals surface area contributed by atoms with Crippen molar-refractivity contribution >= 4 is 33.5 Å². The van der Waals surface area contributed by atoms with Gasteiger partial charge in [0.25, 0.3) is 0 Å². The number of ketones is 1. The van der Waals surface area contributed by atoms with E-state index in [4.69, 9.17) is 0 Å². The van der Waals surface area contributed by atoms with E-state index in [1.807, 2.05) is 24.3 Å². The van der Waals surface area contributed by atoms with E-state index in [2.05, 4.69) is 29.8 Å². The molecule has 0 saturated heterocycles. The minimum atomic E-state index is 0.302. The van der Waals surface area contributed by atoms with Gasteiger partial charge in [-0.15, -0.1) is 0 Å². The summed E-state index contributed by atoms with van der Waals surface area (Å²) in [5.41, 5.74) is 1.09.